The molecule has 0 atom stereocenters. The lowest BCUT2D eigenvalue weighted by atomic mass is 9.86. The van der Waals surface area contributed by atoms with Gasteiger partial charge >= 0.3 is 0 Å². The van der Waals surface area contributed by atoms with E-state index in [1.807, 2.05) is 0 Å². The van der Waals surface area contributed by atoms with Gasteiger partial charge in [-0.05, 0) is 19.3 Å². The third kappa shape index (κ3) is 3.70. The summed E-state index contributed by atoms with van der Waals surface area (Å²) in [6.45, 7) is 3.43. The second-order valence-corrected chi connectivity index (χ2v) is 6.27. The van der Waals surface area contributed by atoms with Gasteiger partial charge in [0.15, 0.2) is 5.16 Å². The van der Waals surface area contributed by atoms with E-state index in [1.54, 1.807) is 11.8 Å². The van der Waals surface area contributed by atoms with E-state index in [0.29, 0.717) is 12.3 Å². The van der Waals surface area contributed by atoms with Crippen molar-refractivity contribution in [3.8, 4) is 0 Å². The van der Waals surface area contributed by atoms with Gasteiger partial charge in [-0.25, -0.2) is 0 Å². The molecule has 0 radical (unpaired) electrons. The molecule has 0 saturated heterocycles. The van der Waals surface area contributed by atoms with Crippen LogP contribution in [0.5, 0.6) is 0 Å². The summed E-state index contributed by atoms with van der Waals surface area (Å²) in [5.41, 5.74) is 5.16. The molecule has 19 heavy (non-hydrogen) atoms. The third-order valence-electron chi connectivity index (χ3n) is 3.68. The molecule has 1 saturated carbocycles. The molecule has 0 unspecified atom stereocenters. The van der Waals surface area contributed by atoms with Gasteiger partial charge in [0.05, 0.1) is 12.1 Å². The molecule has 1 aromatic rings. The van der Waals surface area contributed by atoms with Gasteiger partial charge in [-0.1, -0.05) is 37.9 Å². The summed E-state index contributed by atoms with van der Waals surface area (Å²) in [5.74, 6) is 1.54. The van der Waals surface area contributed by atoms with Crippen LogP contribution in [0.4, 0.5) is 0 Å². The highest BCUT2D eigenvalue weighted by atomic mass is 32.2. The Labute approximate surface area is 119 Å². The Bertz CT molecular complexity index is 401. The van der Waals surface area contributed by atoms with Crippen LogP contribution in [0.2, 0.25) is 0 Å². The maximum atomic E-state index is 10.5. The molecule has 1 heterocycles. The number of hydrogen-bond donors (Lipinski definition) is 2. The predicted molar refractivity (Wildman–Crippen MR) is 77.0 cm³/mol. The Balaban J connectivity index is 2.00. The number of nitrogens with zero attached hydrogens (tertiary/aromatic N) is 3. The van der Waals surface area contributed by atoms with Gasteiger partial charge in [-0.3, -0.25) is 0 Å². The van der Waals surface area contributed by atoms with Crippen LogP contribution in [0.1, 0.15) is 51.3 Å². The van der Waals surface area contributed by atoms with Crippen LogP contribution in [-0.4, -0.2) is 31.2 Å². The molecule has 0 aromatic carbocycles. The maximum absolute atomic E-state index is 10.5. The standard InChI is InChI=1S/C13H24N4OS/c1-2-8-17-11(9-14)15-16-12(17)19-10-13(18)6-4-3-5-7-13/h18H,2-10,14H2,1H3. The Hall–Kier alpha value is -0.590. The van der Waals surface area contributed by atoms with Crippen LogP contribution < -0.4 is 5.73 Å². The fourth-order valence-corrected chi connectivity index (χ4v) is 3.72. The van der Waals surface area contributed by atoms with Gasteiger partial charge in [0.1, 0.15) is 5.82 Å². The van der Waals surface area contributed by atoms with E-state index in [2.05, 4.69) is 21.7 Å². The largest absolute Gasteiger partial charge is 0.389 e. The highest BCUT2D eigenvalue weighted by Crippen LogP contribution is 2.33. The molecule has 1 aliphatic carbocycles. The number of rotatable bonds is 6. The topological polar surface area (TPSA) is 77.0 Å². The monoisotopic (exact) mass is 284 g/mol. The Morgan fingerprint density at radius 1 is 1.32 bits per heavy atom. The van der Waals surface area contributed by atoms with Gasteiger partial charge in [0.2, 0.25) is 0 Å². The predicted octanol–water partition coefficient (Wildman–Crippen LogP) is 1.93. The van der Waals surface area contributed by atoms with Crippen molar-refractivity contribution in [2.45, 2.75) is 69.3 Å². The summed E-state index contributed by atoms with van der Waals surface area (Å²) in [5, 5.41) is 19.7. The molecule has 108 valence electrons. The minimum Gasteiger partial charge on any atom is -0.389 e. The van der Waals surface area contributed by atoms with Crippen LogP contribution in [0, 0.1) is 0 Å². The molecular formula is C13H24N4OS. The lowest BCUT2D eigenvalue weighted by Crippen LogP contribution is -2.34. The van der Waals surface area contributed by atoms with E-state index >= 15 is 0 Å². The SMILES string of the molecule is CCCn1c(CN)nnc1SCC1(O)CCCCC1. The van der Waals surface area contributed by atoms with Gasteiger partial charge in [0, 0.05) is 12.3 Å². The second-order valence-electron chi connectivity index (χ2n) is 5.33. The summed E-state index contributed by atoms with van der Waals surface area (Å²) in [6.07, 6.45) is 6.36. The second kappa shape index (κ2) is 6.72. The molecule has 3 N–H and O–H groups in total. The molecule has 6 heteroatoms. The Morgan fingerprint density at radius 2 is 2.05 bits per heavy atom. The molecule has 1 aliphatic rings. The Kier molecular flexibility index (Phi) is 5.24. The number of aliphatic hydroxyl groups is 1. The average Bonchev–Trinajstić information content (AvgIpc) is 2.80. The normalized spacial score (nSPS) is 18.7. The zero-order valence-electron chi connectivity index (χ0n) is 11.6. The summed E-state index contributed by atoms with van der Waals surface area (Å²) < 4.78 is 2.08. The van der Waals surface area contributed by atoms with Crippen molar-refractivity contribution >= 4 is 11.8 Å². The lowest BCUT2D eigenvalue weighted by Gasteiger charge is -2.31. The molecule has 2 rings (SSSR count). The number of aromatic nitrogens is 3. The van der Waals surface area contributed by atoms with Gasteiger partial charge < -0.3 is 15.4 Å². The third-order valence-corrected chi connectivity index (χ3v) is 4.92. The molecule has 1 fully saturated rings. The molecule has 0 bridgehead atoms. The van der Waals surface area contributed by atoms with Crippen LogP contribution in [0.25, 0.3) is 0 Å². The molecule has 1 aromatic heterocycles. The molecule has 5 nitrogen and oxygen atoms in total. The van der Waals surface area contributed by atoms with E-state index in [4.69, 9.17) is 5.73 Å². The van der Waals surface area contributed by atoms with Gasteiger partial charge in [-0.15, -0.1) is 10.2 Å². The van der Waals surface area contributed by atoms with Crippen molar-refractivity contribution in [3.63, 3.8) is 0 Å². The molecule has 0 amide bonds. The van der Waals surface area contributed by atoms with E-state index in [0.717, 1.165) is 49.6 Å². The molecular weight excluding hydrogens is 260 g/mol. The first-order valence-corrected chi connectivity index (χ1v) is 8.14. The van der Waals surface area contributed by atoms with Crippen LogP contribution in [0.3, 0.4) is 0 Å². The highest BCUT2D eigenvalue weighted by molar-refractivity contribution is 7.99. The summed E-state index contributed by atoms with van der Waals surface area (Å²) in [7, 11) is 0. The summed E-state index contributed by atoms with van der Waals surface area (Å²) in [6, 6.07) is 0. The van der Waals surface area contributed by atoms with Crippen LogP contribution in [-0.2, 0) is 13.1 Å². The van der Waals surface area contributed by atoms with E-state index < -0.39 is 5.60 Å². The maximum Gasteiger partial charge on any atom is 0.191 e. The van der Waals surface area contributed by atoms with E-state index in [-0.39, 0.29) is 0 Å². The van der Waals surface area contributed by atoms with Gasteiger partial charge in [0.25, 0.3) is 0 Å². The summed E-state index contributed by atoms with van der Waals surface area (Å²) >= 11 is 1.61. The molecule has 0 spiro atoms. The van der Waals surface area contributed by atoms with Gasteiger partial charge in [-0.2, -0.15) is 0 Å². The first-order valence-electron chi connectivity index (χ1n) is 7.16. The minimum absolute atomic E-state index is 0.415. The molecule has 0 aliphatic heterocycles. The van der Waals surface area contributed by atoms with Crippen molar-refractivity contribution in [1.29, 1.82) is 0 Å². The zero-order chi connectivity index (χ0) is 13.7. The number of hydrogen-bond acceptors (Lipinski definition) is 5. The quantitative estimate of drug-likeness (QED) is 0.781. The van der Waals surface area contributed by atoms with Crippen molar-refractivity contribution in [2.24, 2.45) is 5.73 Å². The highest BCUT2D eigenvalue weighted by Gasteiger charge is 2.30. The van der Waals surface area contributed by atoms with E-state index in [9.17, 15) is 5.11 Å². The Morgan fingerprint density at radius 3 is 2.68 bits per heavy atom. The van der Waals surface area contributed by atoms with Crippen LogP contribution in [0.15, 0.2) is 5.16 Å². The van der Waals surface area contributed by atoms with Crippen molar-refractivity contribution in [1.82, 2.24) is 14.8 Å². The van der Waals surface area contributed by atoms with Crippen molar-refractivity contribution in [3.05, 3.63) is 5.82 Å². The van der Waals surface area contributed by atoms with Crippen molar-refractivity contribution in [2.75, 3.05) is 5.75 Å². The lowest BCUT2D eigenvalue weighted by molar-refractivity contribution is 0.0272. The first kappa shape index (κ1) is 14.8. The number of thioether (sulfide) groups is 1. The van der Waals surface area contributed by atoms with E-state index in [1.165, 1.54) is 6.42 Å². The minimum atomic E-state index is -0.519. The smallest absolute Gasteiger partial charge is 0.191 e. The average molecular weight is 284 g/mol. The fraction of sp³-hybridized carbons (Fsp3) is 0.846. The zero-order valence-corrected chi connectivity index (χ0v) is 12.5. The fourth-order valence-electron chi connectivity index (χ4n) is 2.58. The summed E-state index contributed by atoms with van der Waals surface area (Å²) in [4.78, 5) is 0. The van der Waals surface area contributed by atoms with Crippen LogP contribution >= 0.6 is 11.8 Å². The first-order chi connectivity index (χ1) is 9.18. The number of nitrogens with two attached hydrogens (primary N) is 1. The van der Waals surface area contributed by atoms with Crippen molar-refractivity contribution < 1.29 is 5.11 Å².